The monoisotopic (exact) mass is 294 g/mol. The minimum absolute atomic E-state index is 0.202. The van der Waals surface area contributed by atoms with E-state index >= 15 is 0 Å². The summed E-state index contributed by atoms with van der Waals surface area (Å²) in [5, 5.41) is 0.722. The molecule has 0 saturated heterocycles. The molecule has 0 spiro atoms. The van der Waals surface area contributed by atoms with E-state index in [1.54, 1.807) is 0 Å². The fourth-order valence-corrected chi connectivity index (χ4v) is 2.98. The van der Waals surface area contributed by atoms with Crippen LogP contribution in [0.15, 0.2) is 24.3 Å². The lowest BCUT2D eigenvalue weighted by Gasteiger charge is -2.24. The quantitative estimate of drug-likeness (QED) is 0.906. The third kappa shape index (κ3) is 3.97. The van der Waals surface area contributed by atoms with Gasteiger partial charge < -0.3 is 10.6 Å². The first-order chi connectivity index (χ1) is 9.60. The van der Waals surface area contributed by atoms with Crippen molar-refractivity contribution in [3.8, 4) is 0 Å². The Labute approximate surface area is 126 Å². The van der Waals surface area contributed by atoms with Crippen LogP contribution in [0.2, 0.25) is 5.02 Å². The van der Waals surface area contributed by atoms with Crippen molar-refractivity contribution in [1.29, 1.82) is 0 Å². The number of hydrogen-bond acceptors (Lipinski definition) is 2. The van der Waals surface area contributed by atoms with Crippen LogP contribution in [0, 0.1) is 5.92 Å². The molecule has 1 aromatic rings. The van der Waals surface area contributed by atoms with Crippen LogP contribution in [-0.4, -0.2) is 23.4 Å². The van der Waals surface area contributed by atoms with E-state index in [1.807, 2.05) is 36.1 Å². The zero-order chi connectivity index (χ0) is 14.5. The van der Waals surface area contributed by atoms with Gasteiger partial charge in [-0.1, -0.05) is 30.2 Å². The van der Waals surface area contributed by atoms with Crippen LogP contribution >= 0.6 is 11.6 Å². The van der Waals surface area contributed by atoms with E-state index < -0.39 is 0 Å². The van der Waals surface area contributed by atoms with Gasteiger partial charge in [-0.2, -0.15) is 0 Å². The maximum Gasteiger partial charge on any atom is 0.223 e. The number of halogens is 1. The van der Waals surface area contributed by atoms with E-state index in [4.69, 9.17) is 17.3 Å². The van der Waals surface area contributed by atoms with Crippen molar-refractivity contribution in [2.75, 3.05) is 6.54 Å². The van der Waals surface area contributed by atoms with Gasteiger partial charge in [-0.3, -0.25) is 4.79 Å². The van der Waals surface area contributed by atoms with Gasteiger partial charge in [0, 0.05) is 30.6 Å². The molecule has 1 aliphatic rings. The van der Waals surface area contributed by atoms with Crippen LogP contribution in [0.25, 0.3) is 0 Å². The second-order valence-corrected chi connectivity index (χ2v) is 6.03. The normalized spacial score (nSPS) is 21.9. The predicted molar refractivity (Wildman–Crippen MR) is 82.5 cm³/mol. The molecule has 0 bridgehead atoms. The smallest absolute Gasteiger partial charge is 0.223 e. The van der Waals surface area contributed by atoms with Crippen LogP contribution in [0.1, 0.15) is 38.2 Å². The number of carbonyl (C=O) groups is 1. The summed E-state index contributed by atoms with van der Waals surface area (Å²) in [6.45, 7) is 3.39. The molecule has 0 aromatic heterocycles. The van der Waals surface area contributed by atoms with Crippen molar-refractivity contribution in [2.24, 2.45) is 11.7 Å². The molecule has 2 N–H and O–H groups in total. The zero-order valence-electron chi connectivity index (χ0n) is 12.0. The number of amides is 1. The summed E-state index contributed by atoms with van der Waals surface area (Å²) in [5.74, 6) is 0.576. The van der Waals surface area contributed by atoms with Crippen molar-refractivity contribution < 1.29 is 4.79 Å². The van der Waals surface area contributed by atoms with Gasteiger partial charge in [0.15, 0.2) is 0 Å². The Bertz CT molecular complexity index is 446. The lowest BCUT2D eigenvalue weighted by Crippen LogP contribution is -2.34. The van der Waals surface area contributed by atoms with E-state index in [0.29, 0.717) is 18.9 Å². The summed E-state index contributed by atoms with van der Waals surface area (Å²) in [5.41, 5.74) is 7.16. The summed E-state index contributed by atoms with van der Waals surface area (Å²) in [4.78, 5) is 14.3. The van der Waals surface area contributed by atoms with Crippen LogP contribution in [-0.2, 0) is 11.3 Å². The summed E-state index contributed by atoms with van der Waals surface area (Å²) in [6, 6.07) is 7.87. The lowest BCUT2D eigenvalue weighted by atomic mass is 9.99. The molecule has 0 radical (unpaired) electrons. The Morgan fingerprint density at radius 3 is 2.60 bits per heavy atom. The van der Waals surface area contributed by atoms with Gasteiger partial charge in [-0.25, -0.2) is 0 Å². The number of hydrogen-bond donors (Lipinski definition) is 1. The second kappa shape index (κ2) is 7.09. The molecule has 0 aliphatic heterocycles. The molecule has 20 heavy (non-hydrogen) atoms. The largest absolute Gasteiger partial charge is 0.339 e. The molecule has 1 aromatic carbocycles. The van der Waals surface area contributed by atoms with Crippen LogP contribution in [0.4, 0.5) is 0 Å². The predicted octanol–water partition coefficient (Wildman–Crippen LogP) is 3.21. The molecule has 0 heterocycles. The molecular weight excluding hydrogens is 272 g/mol. The Kier molecular flexibility index (Phi) is 5.44. The van der Waals surface area contributed by atoms with E-state index in [2.05, 4.69) is 0 Å². The summed E-state index contributed by atoms with van der Waals surface area (Å²) in [7, 11) is 0. The highest BCUT2D eigenvalue weighted by Gasteiger charge is 2.27. The lowest BCUT2D eigenvalue weighted by molar-refractivity contribution is -0.132. The van der Waals surface area contributed by atoms with E-state index in [0.717, 1.165) is 36.4 Å². The average Bonchev–Trinajstić information content (AvgIpc) is 2.83. The number of nitrogens with two attached hydrogens (primary N) is 1. The van der Waals surface area contributed by atoms with Gasteiger partial charge in [0.2, 0.25) is 5.91 Å². The molecule has 1 aliphatic carbocycles. The highest BCUT2D eigenvalue weighted by atomic mass is 35.5. The van der Waals surface area contributed by atoms with Gasteiger partial charge in [0.1, 0.15) is 0 Å². The number of benzene rings is 1. The van der Waals surface area contributed by atoms with Crippen molar-refractivity contribution in [3.63, 3.8) is 0 Å². The minimum Gasteiger partial charge on any atom is -0.339 e. The molecular formula is C16H23ClN2O. The first-order valence-electron chi connectivity index (χ1n) is 7.38. The molecule has 1 amide bonds. The highest BCUT2D eigenvalue weighted by molar-refractivity contribution is 6.30. The van der Waals surface area contributed by atoms with E-state index in [1.165, 1.54) is 0 Å². The molecule has 3 nitrogen and oxygen atoms in total. The molecule has 2 rings (SSSR count). The van der Waals surface area contributed by atoms with Gasteiger partial charge in [-0.05, 0) is 43.4 Å². The van der Waals surface area contributed by atoms with E-state index in [9.17, 15) is 4.79 Å². The Morgan fingerprint density at radius 2 is 2.05 bits per heavy atom. The fraction of sp³-hybridized carbons (Fsp3) is 0.562. The zero-order valence-corrected chi connectivity index (χ0v) is 12.8. The molecule has 1 fully saturated rings. The van der Waals surface area contributed by atoms with E-state index in [-0.39, 0.29) is 11.9 Å². The van der Waals surface area contributed by atoms with Crippen LogP contribution in [0.5, 0.6) is 0 Å². The Morgan fingerprint density at radius 1 is 1.35 bits per heavy atom. The molecule has 4 heteroatoms. The fourth-order valence-electron chi connectivity index (χ4n) is 2.86. The molecule has 0 unspecified atom stereocenters. The second-order valence-electron chi connectivity index (χ2n) is 5.59. The maximum absolute atomic E-state index is 12.4. The van der Waals surface area contributed by atoms with Crippen LogP contribution < -0.4 is 5.73 Å². The SMILES string of the molecule is CCN(Cc1ccc(Cl)cc1)C(=O)C[C@@H]1CCC[C@H]1N. The molecule has 1 saturated carbocycles. The molecule has 110 valence electrons. The average molecular weight is 295 g/mol. The maximum atomic E-state index is 12.4. The number of carbonyl (C=O) groups excluding carboxylic acids is 1. The third-order valence-corrected chi connectivity index (χ3v) is 4.43. The first kappa shape index (κ1) is 15.3. The van der Waals surface area contributed by atoms with Crippen molar-refractivity contribution in [3.05, 3.63) is 34.9 Å². The summed E-state index contributed by atoms with van der Waals surface area (Å²) >= 11 is 5.88. The van der Waals surface area contributed by atoms with Gasteiger partial charge >= 0.3 is 0 Å². The van der Waals surface area contributed by atoms with Gasteiger partial charge in [-0.15, -0.1) is 0 Å². The first-order valence-corrected chi connectivity index (χ1v) is 7.75. The Hall–Kier alpha value is -1.06. The van der Waals surface area contributed by atoms with Crippen LogP contribution in [0.3, 0.4) is 0 Å². The minimum atomic E-state index is 0.202. The van der Waals surface area contributed by atoms with Gasteiger partial charge in [0.25, 0.3) is 0 Å². The van der Waals surface area contributed by atoms with Crippen molar-refractivity contribution in [1.82, 2.24) is 4.90 Å². The van der Waals surface area contributed by atoms with Crippen molar-refractivity contribution >= 4 is 17.5 Å². The number of nitrogens with zero attached hydrogens (tertiary/aromatic N) is 1. The summed E-state index contributed by atoms with van der Waals surface area (Å²) < 4.78 is 0. The topological polar surface area (TPSA) is 46.3 Å². The standard InChI is InChI=1S/C16H23ClN2O/c1-2-19(11-12-6-8-14(17)9-7-12)16(20)10-13-4-3-5-15(13)18/h6-9,13,15H,2-5,10-11,18H2,1H3/t13-,15+/m0/s1. The third-order valence-electron chi connectivity index (χ3n) is 4.18. The Balaban J connectivity index is 1.93. The number of rotatable bonds is 5. The van der Waals surface area contributed by atoms with Gasteiger partial charge in [0.05, 0.1) is 0 Å². The highest BCUT2D eigenvalue weighted by Crippen LogP contribution is 2.27. The van der Waals surface area contributed by atoms with Crippen molar-refractivity contribution in [2.45, 2.75) is 45.2 Å². The molecule has 2 atom stereocenters. The summed E-state index contributed by atoms with van der Waals surface area (Å²) in [6.07, 6.45) is 3.89.